The molecule has 0 amide bonds. The molecule has 0 aromatic rings. The van der Waals surface area contributed by atoms with Crippen LogP contribution in [0.3, 0.4) is 0 Å². The molecule has 0 spiro atoms. The molecule has 1 saturated heterocycles. The molecule has 0 bridgehead atoms. The summed E-state index contributed by atoms with van der Waals surface area (Å²) in [6.45, 7) is 3.27. The standard InChI is InChI=1S/C15H28N2O2/c1-16-10-11-17(13-6-4-2-3-5-7-13)14(12-16)8-9-15(18)19/h13-14H,2-12H2,1H3,(H,18,19). The highest BCUT2D eigenvalue weighted by atomic mass is 16.4. The summed E-state index contributed by atoms with van der Waals surface area (Å²) in [4.78, 5) is 15.8. The van der Waals surface area contributed by atoms with Gasteiger partial charge in [-0.05, 0) is 26.3 Å². The number of likely N-dealkylation sites (N-methyl/N-ethyl adjacent to an activating group) is 1. The van der Waals surface area contributed by atoms with Crippen LogP contribution < -0.4 is 0 Å². The Bertz CT molecular complexity index is 288. The summed E-state index contributed by atoms with van der Waals surface area (Å²) >= 11 is 0. The van der Waals surface area contributed by atoms with E-state index < -0.39 is 5.97 Å². The van der Waals surface area contributed by atoms with Crippen molar-refractivity contribution in [3.63, 3.8) is 0 Å². The van der Waals surface area contributed by atoms with Crippen LogP contribution in [-0.4, -0.2) is 59.6 Å². The molecule has 1 unspecified atom stereocenters. The van der Waals surface area contributed by atoms with Gasteiger partial charge in [-0.15, -0.1) is 0 Å². The summed E-state index contributed by atoms with van der Waals surface area (Å²) < 4.78 is 0. The van der Waals surface area contributed by atoms with Crippen molar-refractivity contribution in [2.24, 2.45) is 0 Å². The molecule has 4 heteroatoms. The average molecular weight is 268 g/mol. The second-order valence-corrected chi connectivity index (χ2v) is 6.23. The number of aliphatic carboxylic acids is 1. The van der Waals surface area contributed by atoms with Crippen molar-refractivity contribution in [3.8, 4) is 0 Å². The summed E-state index contributed by atoms with van der Waals surface area (Å²) in [5.74, 6) is -0.658. The van der Waals surface area contributed by atoms with Crippen molar-refractivity contribution < 1.29 is 9.90 Å². The van der Waals surface area contributed by atoms with Crippen LogP contribution in [0.5, 0.6) is 0 Å². The van der Waals surface area contributed by atoms with E-state index in [1.54, 1.807) is 0 Å². The lowest BCUT2D eigenvalue weighted by Crippen LogP contribution is -2.55. The van der Waals surface area contributed by atoms with Crippen molar-refractivity contribution in [1.29, 1.82) is 0 Å². The van der Waals surface area contributed by atoms with Crippen molar-refractivity contribution in [2.45, 2.75) is 63.5 Å². The van der Waals surface area contributed by atoms with Gasteiger partial charge in [0.2, 0.25) is 0 Å². The molecule has 1 N–H and O–H groups in total. The summed E-state index contributed by atoms with van der Waals surface area (Å²) in [6.07, 6.45) is 9.19. The van der Waals surface area contributed by atoms with Crippen LogP contribution in [0.1, 0.15) is 51.4 Å². The van der Waals surface area contributed by atoms with Gasteiger partial charge >= 0.3 is 5.97 Å². The lowest BCUT2D eigenvalue weighted by atomic mass is 9.99. The second kappa shape index (κ2) is 7.25. The van der Waals surface area contributed by atoms with E-state index in [1.807, 2.05) is 0 Å². The average Bonchev–Trinajstić information content (AvgIpc) is 2.65. The highest BCUT2D eigenvalue weighted by Gasteiger charge is 2.31. The van der Waals surface area contributed by atoms with E-state index in [0.717, 1.165) is 26.1 Å². The van der Waals surface area contributed by atoms with Gasteiger partial charge in [0, 0.05) is 38.1 Å². The fourth-order valence-electron chi connectivity index (χ4n) is 3.64. The molecule has 1 atom stereocenters. The Morgan fingerprint density at radius 3 is 2.47 bits per heavy atom. The number of hydrogen-bond acceptors (Lipinski definition) is 3. The molecule has 2 fully saturated rings. The van der Waals surface area contributed by atoms with Gasteiger partial charge in [0.15, 0.2) is 0 Å². The Morgan fingerprint density at radius 2 is 1.84 bits per heavy atom. The van der Waals surface area contributed by atoms with Crippen molar-refractivity contribution in [2.75, 3.05) is 26.7 Å². The first-order chi connectivity index (χ1) is 9.16. The Labute approximate surface area is 116 Å². The molecule has 0 aromatic heterocycles. The van der Waals surface area contributed by atoms with E-state index in [-0.39, 0.29) is 0 Å². The minimum atomic E-state index is -0.658. The zero-order valence-electron chi connectivity index (χ0n) is 12.2. The molecule has 1 heterocycles. The highest BCUT2D eigenvalue weighted by molar-refractivity contribution is 5.66. The topological polar surface area (TPSA) is 43.8 Å². The third-order valence-corrected chi connectivity index (χ3v) is 4.72. The van der Waals surface area contributed by atoms with E-state index in [4.69, 9.17) is 5.11 Å². The number of carboxylic acids is 1. The number of nitrogens with zero attached hydrogens (tertiary/aromatic N) is 2. The van der Waals surface area contributed by atoms with E-state index >= 15 is 0 Å². The molecule has 1 aliphatic heterocycles. The Kier molecular flexibility index (Phi) is 5.64. The highest BCUT2D eigenvalue weighted by Crippen LogP contribution is 2.26. The van der Waals surface area contributed by atoms with Gasteiger partial charge in [0.25, 0.3) is 0 Å². The van der Waals surface area contributed by atoms with Crippen LogP contribution in [0.15, 0.2) is 0 Å². The fraction of sp³-hybridized carbons (Fsp3) is 0.933. The van der Waals surface area contributed by atoms with Crippen molar-refractivity contribution in [1.82, 2.24) is 9.80 Å². The normalized spacial score (nSPS) is 28.2. The number of hydrogen-bond donors (Lipinski definition) is 1. The zero-order valence-corrected chi connectivity index (χ0v) is 12.2. The van der Waals surface area contributed by atoms with Gasteiger partial charge in [-0.3, -0.25) is 9.69 Å². The lowest BCUT2D eigenvalue weighted by molar-refractivity contribution is -0.137. The van der Waals surface area contributed by atoms with Crippen LogP contribution in [0.25, 0.3) is 0 Å². The van der Waals surface area contributed by atoms with Gasteiger partial charge in [0.1, 0.15) is 0 Å². The van der Waals surface area contributed by atoms with Crippen LogP contribution in [0.4, 0.5) is 0 Å². The van der Waals surface area contributed by atoms with Gasteiger partial charge in [0.05, 0.1) is 0 Å². The first-order valence-corrected chi connectivity index (χ1v) is 7.83. The maximum absolute atomic E-state index is 10.8. The predicted octanol–water partition coefficient (Wildman–Crippen LogP) is 2.19. The monoisotopic (exact) mass is 268 g/mol. The minimum Gasteiger partial charge on any atom is -0.481 e. The molecule has 2 aliphatic rings. The van der Waals surface area contributed by atoms with E-state index in [0.29, 0.717) is 18.5 Å². The van der Waals surface area contributed by atoms with Crippen LogP contribution in [0, 0.1) is 0 Å². The summed E-state index contributed by atoms with van der Waals surface area (Å²) in [5, 5.41) is 8.92. The number of rotatable bonds is 4. The smallest absolute Gasteiger partial charge is 0.303 e. The van der Waals surface area contributed by atoms with Gasteiger partial charge in [-0.25, -0.2) is 0 Å². The molecule has 0 radical (unpaired) electrons. The molecule has 2 rings (SSSR count). The first-order valence-electron chi connectivity index (χ1n) is 7.83. The minimum absolute atomic E-state index is 0.307. The van der Waals surface area contributed by atoms with Gasteiger partial charge in [-0.2, -0.15) is 0 Å². The number of carbonyl (C=O) groups is 1. The van der Waals surface area contributed by atoms with Crippen molar-refractivity contribution >= 4 is 5.97 Å². The third-order valence-electron chi connectivity index (χ3n) is 4.72. The lowest BCUT2D eigenvalue weighted by Gasteiger charge is -2.44. The molecule has 4 nitrogen and oxygen atoms in total. The fourth-order valence-corrected chi connectivity index (χ4v) is 3.64. The molecule has 110 valence electrons. The third kappa shape index (κ3) is 4.46. The van der Waals surface area contributed by atoms with Crippen molar-refractivity contribution in [3.05, 3.63) is 0 Å². The summed E-state index contributed by atoms with van der Waals surface area (Å²) in [6, 6.07) is 1.15. The second-order valence-electron chi connectivity index (χ2n) is 6.23. The van der Waals surface area contributed by atoms with Gasteiger partial charge in [-0.1, -0.05) is 25.7 Å². The quantitative estimate of drug-likeness (QED) is 0.794. The van der Waals surface area contributed by atoms with E-state index in [2.05, 4.69) is 16.8 Å². The van der Waals surface area contributed by atoms with Gasteiger partial charge < -0.3 is 10.0 Å². The molecular formula is C15H28N2O2. The maximum atomic E-state index is 10.8. The number of carboxylic acid groups (broad SMARTS) is 1. The Balaban J connectivity index is 1.95. The zero-order chi connectivity index (χ0) is 13.7. The number of piperazine rings is 1. The summed E-state index contributed by atoms with van der Waals surface area (Å²) in [7, 11) is 2.15. The van der Waals surface area contributed by atoms with Crippen LogP contribution in [0.2, 0.25) is 0 Å². The summed E-state index contributed by atoms with van der Waals surface area (Å²) in [5.41, 5.74) is 0. The predicted molar refractivity (Wildman–Crippen MR) is 76.4 cm³/mol. The van der Waals surface area contributed by atoms with Crippen LogP contribution in [-0.2, 0) is 4.79 Å². The molecule has 1 aliphatic carbocycles. The molecule has 1 saturated carbocycles. The SMILES string of the molecule is CN1CCN(C2CCCCCC2)C(CCC(=O)O)C1. The molecule has 0 aromatic carbocycles. The van der Waals surface area contributed by atoms with E-state index in [9.17, 15) is 4.79 Å². The first kappa shape index (κ1) is 14.8. The Hall–Kier alpha value is -0.610. The Morgan fingerprint density at radius 1 is 1.16 bits per heavy atom. The largest absolute Gasteiger partial charge is 0.481 e. The van der Waals surface area contributed by atoms with Crippen LogP contribution >= 0.6 is 0 Å². The molecule has 19 heavy (non-hydrogen) atoms. The molecular weight excluding hydrogens is 240 g/mol. The van der Waals surface area contributed by atoms with E-state index in [1.165, 1.54) is 38.5 Å². The maximum Gasteiger partial charge on any atom is 0.303 e.